The second-order valence-corrected chi connectivity index (χ2v) is 9.86. The Labute approximate surface area is 219 Å². The first kappa shape index (κ1) is 27.3. The van der Waals surface area contributed by atoms with Crippen molar-refractivity contribution in [2.24, 2.45) is 0 Å². The van der Waals surface area contributed by atoms with E-state index in [0.29, 0.717) is 24.5 Å². The minimum Gasteiger partial charge on any atom is -0.497 e. The van der Waals surface area contributed by atoms with E-state index in [9.17, 15) is 9.59 Å². The van der Waals surface area contributed by atoms with Crippen LogP contribution in [0.1, 0.15) is 37.0 Å². The summed E-state index contributed by atoms with van der Waals surface area (Å²) in [6.07, 6.45) is 1.29. The van der Waals surface area contributed by atoms with Crippen molar-refractivity contribution >= 4 is 23.6 Å². The van der Waals surface area contributed by atoms with Gasteiger partial charge in [0.1, 0.15) is 11.8 Å². The summed E-state index contributed by atoms with van der Waals surface area (Å²) in [7, 11) is 1.65. The maximum atomic E-state index is 13.6. The molecule has 3 aromatic rings. The van der Waals surface area contributed by atoms with Crippen LogP contribution in [0.5, 0.6) is 5.75 Å². The van der Waals surface area contributed by atoms with Crippen molar-refractivity contribution in [2.75, 3.05) is 12.9 Å². The molecule has 6 heteroatoms. The number of benzene rings is 3. The third-order valence-corrected chi connectivity index (χ3v) is 7.11. The van der Waals surface area contributed by atoms with Gasteiger partial charge in [-0.25, -0.2) is 0 Å². The second-order valence-electron chi connectivity index (χ2n) is 8.87. The molecule has 36 heavy (non-hydrogen) atoms. The maximum absolute atomic E-state index is 13.6. The summed E-state index contributed by atoms with van der Waals surface area (Å²) in [5.41, 5.74) is 3.15. The fourth-order valence-corrected chi connectivity index (χ4v) is 4.71. The van der Waals surface area contributed by atoms with E-state index < -0.39 is 6.04 Å². The number of nitrogens with one attached hydrogen (secondary N) is 1. The summed E-state index contributed by atoms with van der Waals surface area (Å²) in [5.74, 6) is 1.65. The van der Waals surface area contributed by atoms with Crippen LogP contribution in [0.3, 0.4) is 0 Å². The van der Waals surface area contributed by atoms with E-state index >= 15 is 0 Å². The number of rotatable bonds is 13. The van der Waals surface area contributed by atoms with Crippen molar-refractivity contribution in [3.8, 4) is 5.75 Å². The molecule has 0 saturated heterocycles. The highest BCUT2D eigenvalue weighted by atomic mass is 32.2. The Morgan fingerprint density at radius 3 is 2.08 bits per heavy atom. The SMILES string of the molecule is CC[C@@H](C)NC(=O)[C@H](Cc1ccccc1)N(Cc1ccccc1)C(=O)CSCc1ccc(OC)cc1. The summed E-state index contributed by atoms with van der Waals surface area (Å²) in [5, 5.41) is 3.11. The Hall–Kier alpha value is -3.25. The lowest BCUT2D eigenvalue weighted by Gasteiger charge is -2.32. The average molecular weight is 505 g/mol. The zero-order valence-electron chi connectivity index (χ0n) is 21.4. The molecule has 0 aliphatic rings. The van der Waals surface area contributed by atoms with Crippen LogP contribution in [-0.4, -0.2) is 41.7 Å². The van der Waals surface area contributed by atoms with Crippen LogP contribution < -0.4 is 10.1 Å². The molecular formula is C30H36N2O3S. The van der Waals surface area contributed by atoms with Crippen molar-refractivity contribution < 1.29 is 14.3 Å². The fraction of sp³-hybridized carbons (Fsp3) is 0.333. The molecule has 0 aromatic heterocycles. The molecule has 3 rings (SSSR count). The van der Waals surface area contributed by atoms with Crippen molar-refractivity contribution in [1.82, 2.24) is 10.2 Å². The molecule has 0 heterocycles. The Bertz CT molecular complexity index is 1070. The Morgan fingerprint density at radius 1 is 0.889 bits per heavy atom. The number of carbonyl (C=O) groups is 2. The van der Waals surface area contributed by atoms with Gasteiger partial charge in [0, 0.05) is 24.8 Å². The Balaban J connectivity index is 1.80. The van der Waals surface area contributed by atoms with E-state index in [1.807, 2.05) is 98.8 Å². The third-order valence-electron chi connectivity index (χ3n) is 6.12. The van der Waals surface area contributed by atoms with E-state index in [0.717, 1.165) is 28.9 Å². The molecule has 0 radical (unpaired) electrons. The van der Waals surface area contributed by atoms with Gasteiger partial charge in [-0.15, -0.1) is 11.8 Å². The molecule has 3 aromatic carbocycles. The topological polar surface area (TPSA) is 58.6 Å². The van der Waals surface area contributed by atoms with E-state index in [1.54, 1.807) is 23.8 Å². The van der Waals surface area contributed by atoms with Gasteiger partial charge >= 0.3 is 0 Å². The second kappa shape index (κ2) is 14.3. The minimum absolute atomic E-state index is 0.0360. The van der Waals surface area contributed by atoms with Gasteiger partial charge in [0.15, 0.2) is 0 Å². The van der Waals surface area contributed by atoms with Crippen molar-refractivity contribution in [1.29, 1.82) is 0 Å². The molecule has 2 atom stereocenters. The first-order chi connectivity index (χ1) is 17.5. The van der Waals surface area contributed by atoms with Crippen LogP contribution in [0.15, 0.2) is 84.9 Å². The minimum atomic E-state index is -0.601. The largest absolute Gasteiger partial charge is 0.497 e. The Kier molecular flexibility index (Phi) is 10.9. The number of ether oxygens (including phenoxy) is 1. The molecule has 2 amide bonds. The first-order valence-electron chi connectivity index (χ1n) is 12.4. The number of thioether (sulfide) groups is 1. The van der Waals surface area contributed by atoms with Gasteiger partial charge in [0.05, 0.1) is 12.9 Å². The van der Waals surface area contributed by atoms with Crippen molar-refractivity contribution in [3.63, 3.8) is 0 Å². The predicted octanol–water partition coefficient (Wildman–Crippen LogP) is 5.48. The molecule has 0 fully saturated rings. The fourth-order valence-electron chi connectivity index (χ4n) is 3.84. The van der Waals surface area contributed by atoms with E-state index in [4.69, 9.17) is 4.74 Å². The van der Waals surface area contributed by atoms with Crippen molar-refractivity contribution in [2.45, 2.75) is 51.1 Å². The molecular weight excluding hydrogens is 468 g/mol. The molecule has 1 N–H and O–H groups in total. The number of hydrogen-bond donors (Lipinski definition) is 1. The summed E-state index contributed by atoms with van der Waals surface area (Å²) in [4.78, 5) is 28.9. The monoisotopic (exact) mass is 504 g/mol. The molecule has 0 bridgehead atoms. The predicted molar refractivity (Wildman–Crippen MR) is 148 cm³/mol. The lowest BCUT2D eigenvalue weighted by Crippen LogP contribution is -2.52. The van der Waals surface area contributed by atoms with Crippen LogP contribution in [0.2, 0.25) is 0 Å². The average Bonchev–Trinajstić information content (AvgIpc) is 2.92. The molecule has 0 spiro atoms. The number of nitrogens with zero attached hydrogens (tertiary/aromatic N) is 1. The van der Waals surface area contributed by atoms with Crippen LogP contribution in [0.4, 0.5) is 0 Å². The smallest absolute Gasteiger partial charge is 0.243 e. The van der Waals surface area contributed by atoms with Crippen LogP contribution in [0, 0.1) is 0 Å². The summed E-state index contributed by atoms with van der Waals surface area (Å²) in [6, 6.07) is 27.1. The summed E-state index contributed by atoms with van der Waals surface area (Å²) < 4.78 is 5.23. The highest BCUT2D eigenvalue weighted by Gasteiger charge is 2.30. The van der Waals surface area contributed by atoms with Gasteiger partial charge in [-0.1, -0.05) is 79.7 Å². The van der Waals surface area contributed by atoms with Gasteiger partial charge in [0.25, 0.3) is 0 Å². The standard InChI is InChI=1S/C30H36N2O3S/c1-4-23(2)31-30(34)28(19-24-11-7-5-8-12-24)32(20-25-13-9-6-10-14-25)29(33)22-36-21-26-15-17-27(35-3)18-16-26/h5-18,23,28H,4,19-22H2,1-3H3,(H,31,34)/t23-,28+/m1/s1. The number of hydrogen-bond acceptors (Lipinski definition) is 4. The van der Waals surface area contributed by atoms with Gasteiger partial charge in [0.2, 0.25) is 11.8 Å². The Morgan fingerprint density at radius 2 is 1.50 bits per heavy atom. The number of carbonyl (C=O) groups excluding carboxylic acids is 2. The van der Waals surface area contributed by atoms with Gasteiger partial charge < -0.3 is 15.0 Å². The zero-order valence-corrected chi connectivity index (χ0v) is 22.2. The first-order valence-corrected chi connectivity index (χ1v) is 13.5. The van der Waals surface area contributed by atoms with Crippen molar-refractivity contribution in [3.05, 3.63) is 102 Å². The molecule has 190 valence electrons. The molecule has 5 nitrogen and oxygen atoms in total. The van der Waals surface area contributed by atoms with E-state index in [-0.39, 0.29) is 17.9 Å². The van der Waals surface area contributed by atoms with Gasteiger partial charge in [-0.3, -0.25) is 9.59 Å². The van der Waals surface area contributed by atoms with Crippen LogP contribution in [-0.2, 0) is 28.3 Å². The van der Waals surface area contributed by atoms with Gasteiger partial charge in [-0.05, 0) is 42.2 Å². The summed E-state index contributed by atoms with van der Waals surface area (Å²) >= 11 is 1.56. The van der Waals surface area contributed by atoms with Crippen LogP contribution in [0.25, 0.3) is 0 Å². The zero-order chi connectivity index (χ0) is 25.8. The van der Waals surface area contributed by atoms with E-state index in [2.05, 4.69) is 5.32 Å². The van der Waals surface area contributed by atoms with E-state index in [1.165, 1.54) is 0 Å². The normalized spacial score (nSPS) is 12.4. The lowest BCUT2D eigenvalue weighted by molar-refractivity contribution is -0.139. The number of methoxy groups -OCH3 is 1. The third kappa shape index (κ3) is 8.45. The quantitative estimate of drug-likeness (QED) is 0.335. The molecule has 0 aliphatic heterocycles. The summed E-state index contributed by atoms with van der Waals surface area (Å²) in [6.45, 7) is 4.42. The molecule has 0 unspecified atom stereocenters. The molecule has 0 saturated carbocycles. The van der Waals surface area contributed by atoms with Crippen LogP contribution >= 0.6 is 11.8 Å². The highest BCUT2D eigenvalue weighted by Crippen LogP contribution is 2.20. The highest BCUT2D eigenvalue weighted by molar-refractivity contribution is 7.99. The maximum Gasteiger partial charge on any atom is 0.243 e. The number of amides is 2. The van der Waals surface area contributed by atoms with Gasteiger partial charge in [-0.2, -0.15) is 0 Å². The molecule has 0 aliphatic carbocycles. The lowest BCUT2D eigenvalue weighted by atomic mass is 10.0.